The minimum absolute atomic E-state index is 0.0294. The van der Waals surface area contributed by atoms with Gasteiger partial charge < -0.3 is 10.6 Å². The van der Waals surface area contributed by atoms with Crippen LogP contribution in [0.2, 0.25) is 5.02 Å². The molecule has 2 rings (SSSR count). The Morgan fingerprint density at radius 3 is 2.77 bits per heavy atom. The molecule has 0 aliphatic carbocycles. The molecule has 0 unspecified atom stereocenters. The Morgan fingerprint density at radius 1 is 1.50 bits per heavy atom. The van der Waals surface area contributed by atoms with Gasteiger partial charge in [-0.2, -0.15) is 0 Å². The van der Waals surface area contributed by atoms with Gasteiger partial charge >= 0.3 is 6.03 Å². The van der Waals surface area contributed by atoms with Gasteiger partial charge in [-0.05, 0) is 18.1 Å². The summed E-state index contributed by atoms with van der Waals surface area (Å²) in [5.74, 6) is -0.670. The second-order valence-corrected chi connectivity index (χ2v) is 5.98. The number of imide groups is 1. The maximum absolute atomic E-state index is 14.1. The maximum Gasteiger partial charge on any atom is 0.324 e. The highest BCUT2D eigenvalue weighted by atomic mass is 35.5. The predicted molar refractivity (Wildman–Crippen MR) is 82.1 cm³/mol. The number of halogens is 2. The van der Waals surface area contributed by atoms with Crippen LogP contribution in [-0.4, -0.2) is 36.5 Å². The van der Waals surface area contributed by atoms with E-state index < -0.39 is 5.82 Å². The highest BCUT2D eigenvalue weighted by Crippen LogP contribution is 2.26. The number of benzene rings is 1. The van der Waals surface area contributed by atoms with Crippen LogP contribution in [-0.2, 0) is 4.79 Å². The normalized spacial score (nSPS) is 16.0. The number of carbonyl (C=O) groups is 2. The first-order chi connectivity index (χ1) is 10.4. The third-order valence-electron chi connectivity index (χ3n) is 3.60. The lowest BCUT2D eigenvalue weighted by atomic mass is 9.95. The van der Waals surface area contributed by atoms with Crippen LogP contribution in [0.3, 0.4) is 0 Å². The Morgan fingerprint density at radius 2 is 2.23 bits per heavy atom. The summed E-state index contributed by atoms with van der Waals surface area (Å²) in [5.41, 5.74) is 0.457. The van der Waals surface area contributed by atoms with Crippen LogP contribution >= 0.6 is 11.6 Å². The summed E-state index contributed by atoms with van der Waals surface area (Å²) in [4.78, 5) is 24.6. The molecule has 5 nitrogen and oxygen atoms in total. The van der Waals surface area contributed by atoms with E-state index in [0.717, 1.165) is 4.90 Å². The van der Waals surface area contributed by atoms with Crippen LogP contribution in [0, 0.1) is 11.7 Å². The topological polar surface area (TPSA) is 61.4 Å². The molecule has 0 aromatic heterocycles. The molecule has 0 radical (unpaired) electrons. The molecule has 1 heterocycles. The first-order valence-electron chi connectivity index (χ1n) is 7.16. The highest BCUT2D eigenvalue weighted by Gasteiger charge is 2.27. The van der Waals surface area contributed by atoms with Gasteiger partial charge in [0.2, 0.25) is 5.91 Å². The number of urea groups is 1. The summed E-state index contributed by atoms with van der Waals surface area (Å²) in [6.07, 6.45) is 0. The van der Waals surface area contributed by atoms with Crippen molar-refractivity contribution in [2.75, 3.05) is 19.6 Å². The molecule has 0 spiro atoms. The van der Waals surface area contributed by atoms with Gasteiger partial charge in [0, 0.05) is 29.7 Å². The summed E-state index contributed by atoms with van der Waals surface area (Å²) in [6.45, 7) is 4.65. The molecule has 1 aromatic carbocycles. The molecule has 1 aromatic rings. The quantitative estimate of drug-likeness (QED) is 0.872. The molecule has 3 amide bonds. The van der Waals surface area contributed by atoms with E-state index in [2.05, 4.69) is 10.6 Å². The highest BCUT2D eigenvalue weighted by molar-refractivity contribution is 6.30. The fraction of sp³-hybridized carbons (Fsp3) is 0.467. The van der Waals surface area contributed by atoms with Gasteiger partial charge in [0.1, 0.15) is 5.82 Å². The van der Waals surface area contributed by atoms with Crippen molar-refractivity contribution in [3.63, 3.8) is 0 Å². The van der Waals surface area contributed by atoms with Gasteiger partial charge in [0.25, 0.3) is 0 Å². The van der Waals surface area contributed by atoms with Gasteiger partial charge in [0.05, 0.1) is 6.54 Å². The fourth-order valence-corrected chi connectivity index (χ4v) is 2.62. The van der Waals surface area contributed by atoms with E-state index in [-0.39, 0.29) is 30.4 Å². The van der Waals surface area contributed by atoms with Gasteiger partial charge in [-0.25, -0.2) is 9.18 Å². The molecule has 7 heteroatoms. The lowest BCUT2D eigenvalue weighted by Gasteiger charge is -2.24. The number of nitrogens with one attached hydrogen (secondary N) is 2. The average Bonchev–Trinajstić information content (AvgIpc) is 2.86. The molecule has 1 aliphatic heterocycles. The fourth-order valence-electron chi connectivity index (χ4n) is 2.46. The summed E-state index contributed by atoms with van der Waals surface area (Å²) >= 11 is 5.77. The number of hydrogen-bond donors (Lipinski definition) is 2. The van der Waals surface area contributed by atoms with Crippen molar-refractivity contribution in [3.05, 3.63) is 34.6 Å². The monoisotopic (exact) mass is 327 g/mol. The first-order valence-corrected chi connectivity index (χ1v) is 7.54. The van der Waals surface area contributed by atoms with Crippen molar-refractivity contribution < 1.29 is 14.0 Å². The zero-order valence-electron chi connectivity index (χ0n) is 12.5. The van der Waals surface area contributed by atoms with E-state index in [0.29, 0.717) is 23.7 Å². The summed E-state index contributed by atoms with van der Waals surface area (Å²) in [6, 6.07) is 3.76. The Balaban J connectivity index is 2.06. The Labute approximate surface area is 133 Å². The van der Waals surface area contributed by atoms with E-state index >= 15 is 0 Å². The maximum atomic E-state index is 14.1. The number of amides is 3. The lowest BCUT2D eigenvalue weighted by Crippen LogP contribution is -2.42. The number of nitrogens with zero attached hydrogens (tertiary/aromatic N) is 1. The number of hydrogen-bond acceptors (Lipinski definition) is 3. The Hall–Kier alpha value is -1.66. The van der Waals surface area contributed by atoms with Gasteiger partial charge in [-0.15, -0.1) is 0 Å². The summed E-state index contributed by atoms with van der Waals surface area (Å²) in [7, 11) is 0. The Kier molecular flexibility index (Phi) is 5.37. The molecule has 2 N–H and O–H groups in total. The van der Waals surface area contributed by atoms with Crippen molar-refractivity contribution in [3.8, 4) is 0 Å². The summed E-state index contributed by atoms with van der Waals surface area (Å²) in [5, 5.41) is 5.94. The predicted octanol–water partition coefficient (Wildman–Crippen LogP) is 2.32. The van der Waals surface area contributed by atoms with Gasteiger partial charge in [-0.1, -0.05) is 31.5 Å². The van der Waals surface area contributed by atoms with Gasteiger partial charge in [0.15, 0.2) is 0 Å². The van der Waals surface area contributed by atoms with Crippen molar-refractivity contribution >= 4 is 23.5 Å². The van der Waals surface area contributed by atoms with Crippen LogP contribution in [0.4, 0.5) is 9.18 Å². The average molecular weight is 328 g/mol. The summed E-state index contributed by atoms with van der Waals surface area (Å²) < 4.78 is 14.1. The third kappa shape index (κ3) is 3.75. The van der Waals surface area contributed by atoms with Crippen LogP contribution < -0.4 is 10.6 Å². The molecule has 0 saturated carbocycles. The molecular weight excluding hydrogens is 309 g/mol. The van der Waals surface area contributed by atoms with E-state index in [1.54, 1.807) is 12.1 Å². The molecular formula is C15H19ClFN3O2. The van der Waals surface area contributed by atoms with E-state index in [9.17, 15) is 14.0 Å². The van der Waals surface area contributed by atoms with E-state index in [4.69, 9.17) is 11.6 Å². The standard InChI is InChI=1S/C15H19ClFN3O2/c1-9(2)14(11-4-3-10(16)7-12(11)17)19-8-13(21)20-6-5-18-15(20)22/h3-4,7,9,14,19H,5-6,8H2,1-2H3,(H,18,22)/t14-/m0/s1. The molecule has 1 aliphatic rings. The zero-order valence-corrected chi connectivity index (χ0v) is 13.3. The van der Waals surface area contributed by atoms with Crippen LogP contribution in [0.15, 0.2) is 18.2 Å². The van der Waals surface area contributed by atoms with Crippen molar-refractivity contribution in [2.45, 2.75) is 19.9 Å². The third-order valence-corrected chi connectivity index (χ3v) is 3.83. The molecule has 1 saturated heterocycles. The van der Waals surface area contributed by atoms with Crippen LogP contribution in [0.25, 0.3) is 0 Å². The molecule has 22 heavy (non-hydrogen) atoms. The lowest BCUT2D eigenvalue weighted by molar-refractivity contribution is -0.126. The number of rotatable bonds is 5. The Bertz CT molecular complexity index is 580. The smallest absolute Gasteiger partial charge is 0.324 e. The number of carbonyl (C=O) groups excluding carboxylic acids is 2. The minimum atomic E-state index is -0.412. The second-order valence-electron chi connectivity index (χ2n) is 5.55. The molecule has 1 atom stereocenters. The van der Waals surface area contributed by atoms with Crippen molar-refractivity contribution in [2.24, 2.45) is 5.92 Å². The first kappa shape index (κ1) is 16.7. The van der Waals surface area contributed by atoms with Crippen LogP contribution in [0.5, 0.6) is 0 Å². The van der Waals surface area contributed by atoms with Gasteiger partial charge in [-0.3, -0.25) is 9.69 Å². The van der Waals surface area contributed by atoms with E-state index in [1.807, 2.05) is 13.8 Å². The van der Waals surface area contributed by atoms with Crippen LogP contribution in [0.1, 0.15) is 25.5 Å². The van der Waals surface area contributed by atoms with E-state index in [1.165, 1.54) is 6.07 Å². The minimum Gasteiger partial charge on any atom is -0.336 e. The zero-order chi connectivity index (χ0) is 16.3. The van der Waals surface area contributed by atoms with Crippen molar-refractivity contribution in [1.29, 1.82) is 0 Å². The molecule has 120 valence electrons. The SMILES string of the molecule is CC(C)[C@H](NCC(=O)N1CCNC1=O)c1ccc(Cl)cc1F. The van der Waals surface area contributed by atoms with Crippen molar-refractivity contribution in [1.82, 2.24) is 15.5 Å². The second kappa shape index (κ2) is 7.07. The molecule has 0 bridgehead atoms. The molecule has 1 fully saturated rings. The largest absolute Gasteiger partial charge is 0.336 e.